The highest BCUT2D eigenvalue weighted by Gasteiger charge is 2.23. The van der Waals surface area contributed by atoms with Crippen molar-refractivity contribution in [1.29, 1.82) is 0 Å². The van der Waals surface area contributed by atoms with Gasteiger partial charge < -0.3 is 5.32 Å². The number of rotatable bonds is 3. The molecule has 3 aromatic rings. The molecule has 1 aliphatic heterocycles. The second kappa shape index (κ2) is 7.71. The summed E-state index contributed by atoms with van der Waals surface area (Å²) in [5, 5.41) is 4.70. The van der Waals surface area contributed by atoms with Crippen molar-refractivity contribution in [2.75, 3.05) is 19.6 Å². The van der Waals surface area contributed by atoms with Crippen molar-refractivity contribution in [3.63, 3.8) is 0 Å². The molecule has 1 atom stereocenters. The number of aromatic nitrogens is 2. The summed E-state index contributed by atoms with van der Waals surface area (Å²) in [6, 6.07) is 15.1. The van der Waals surface area contributed by atoms with E-state index >= 15 is 0 Å². The van der Waals surface area contributed by atoms with Gasteiger partial charge >= 0.3 is 0 Å². The van der Waals surface area contributed by atoms with Crippen molar-refractivity contribution < 1.29 is 0 Å². The second-order valence-electron chi connectivity index (χ2n) is 6.01. The predicted octanol–water partition coefficient (Wildman–Crippen LogP) is 3.20. The Kier molecular flexibility index (Phi) is 5.41. The molecule has 0 spiro atoms. The van der Waals surface area contributed by atoms with E-state index in [1.54, 1.807) is 0 Å². The number of hydrogen-bond donors (Lipinski definition) is 1. The van der Waals surface area contributed by atoms with Crippen LogP contribution in [0.15, 0.2) is 61.1 Å². The van der Waals surface area contributed by atoms with Crippen LogP contribution in [-0.2, 0) is 6.54 Å². The first-order valence-corrected chi connectivity index (χ1v) is 8.08. The normalized spacial score (nSPS) is 18.2. The summed E-state index contributed by atoms with van der Waals surface area (Å²) >= 11 is 0. The van der Waals surface area contributed by atoms with Crippen LogP contribution >= 0.6 is 12.4 Å². The highest BCUT2D eigenvalue weighted by molar-refractivity contribution is 5.85. The van der Waals surface area contributed by atoms with Gasteiger partial charge in [-0.1, -0.05) is 24.3 Å². The molecule has 1 saturated heterocycles. The predicted molar refractivity (Wildman–Crippen MR) is 99.2 cm³/mol. The Labute approximate surface area is 148 Å². The van der Waals surface area contributed by atoms with Crippen LogP contribution in [0.1, 0.15) is 17.2 Å². The summed E-state index contributed by atoms with van der Waals surface area (Å²) in [4.78, 5) is 11.4. The summed E-state index contributed by atoms with van der Waals surface area (Å²) in [6.45, 7) is 3.94. The number of nitrogens with zero attached hydrogens (tertiary/aromatic N) is 3. The number of piperazine rings is 1. The molecule has 1 fully saturated rings. The van der Waals surface area contributed by atoms with Gasteiger partial charge in [0.15, 0.2) is 0 Å². The number of hydrogen-bond acceptors (Lipinski definition) is 4. The molecule has 124 valence electrons. The van der Waals surface area contributed by atoms with Crippen molar-refractivity contribution in [2.24, 2.45) is 0 Å². The van der Waals surface area contributed by atoms with Crippen LogP contribution < -0.4 is 5.32 Å². The van der Waals surface area contributed by atoms with Gasteiger partial charge in [0.05, 0.1) is 5.52 Å². The quantitative estimate of drug-likeness (QED) is 0.795. The van der Waals surface area contributed by atoms with Gasteiger partial charge in [-0.05, 0) is 29.3 Å². The maximum atomic E-state index is 4.59. The van der Waals surface area contributed by atoms with E-state index in [0.29, 0.717) is 6.04 Å². The number of benzene rings is 1. The molecule has 4 nitrogen and oxygen atoms in total. The molecule has 0 amide bonds. The molecule has 2 aromatic heterocycles. The van der Waals surface area contributed by atoms with Crippen molar-refractivity contribution in [3.8, 4) is 0 Å². The van der Waals surface area contributed by atoms with Crippen molar-refractivity contribution >= 4 is 23.3 Å². The monoisotopic (exact) mass is 340 g/mol. The third kappa shape index (κ3) is 3.56. The minimum absolute atomic E-state index is 0. The molecule has 24 heavy (non-hydrogen) atoms. The van der Waals surface area contributed by atoms with Crippen LogP contribution in [-0.4, -0.2) is 34.5 Å². The minimum atomic E-state index is 0. The lowest BCUT2D eigenvalue weighted by Gasteiger charge is -2.36. The number of para-hydroxylation sites is 1. The lowest BCUT2D eigenvalue weighted by molar-refractivity contribution is 0.153. The Hall–Kier alpha value is -2.01. The molecule has 1 unspecified atom stereocenters. The lowest BCUT2D eigenvalue weighted by atomic mass is 10.0. The molecular formula is C19H21ClN4. The van der Waals surface area contributed by atoms with E-state index in [0.717, 1.165) is 31.7 Å². The van der Waals surface area contributed by atoms with Crippen LogP contribution in [0.3, 0.4) is 0 Å². The fourth-order valence-electron chi connectivity index (χ4n) is 3.27. The summed E-state index contributed by atoms with van der Waals surface area (Å²) in [7, 11) is 0. The fraction of sp³-hybridized carbons (Fsp3) is 0.263. The Bertz CT molecular complexity index is 793. The average Bonchev–Trinajstić information content (AvgIpc) is 2.63. The average molecular weight is 341 g/mol. The van der Waals surface area contributed by atoms with Crippen LogP contribution in [0.4, 0.5) is 0 Å². The number of nitrogens with one attached hydrogen (secondary N) is 1. The van der Waals surface area contributed by atoms with Crippen molar-refractivity contribution in [1.82, 2.24) is 20.2 Å². The molecule has 1 aromatic carbocycles. The first-order chi connectivity index (χ1) is 11.4. The number of pyridine rings is 2. The number of fused-ring (bicyclic) bond motifs is 1. The van der Waals surface area contributed by atoms with Gasteiger partial charge in [0.2, 0.25) is 0 Å². The summed E-state index contributed by atoms with van der Waals surface area (Å²) in [5.74, 6) is 0. The van der Waals surface area contributed by atoms with Crippen molar-refractivity contribution in [2.45, 2.75) is 12.6 Å². The van der Waals surface area contributed by atoms with E-state index in [4.69, 9.17) is 0 Å². The van der Waals surface area contributed by atoms with Gasteiger partial charge in [0.25, 0.3) is 0 Å². The van der Waals surface area contributed by atoms with E-state index in [9.17, 15) is 0 Å². The van der Waals surface area contributed by atoms with Crippen molar-refractivity contribution in [3.05, 3.63) is 72.2 Å². The fourth-order valence-corrected chi connectivity index (χ4v) is 3.27. The molecule has 1 N–H and O–H groups in total. The molecule has 3 heterocycles. The second-order valence-corrected chi connectivity index (χ2v) is 6.01. The lowest BCUT2D eigenvalue weighted by Crippen LogP contribution is -2.45. The van der Waals surface area contributed by atoms with E-state index in [2.05, 4.69) is 50.5 Å². The third-order valence-electron chi connectivity index (χ3n) is 4.46. The largest absolute Gasteiger partial charge is 0.314 e. The van der Waals surface area contributed by atoms with Crippen LogP contribution in [0.25, 0.3) is 10.9 Å². The Morgan fingerprint density at radius 3 is 2.92 bits per heavy atom. The highest BCUT2D eigenvalue weighted by atomic mass is 35.5. The molecule has 4 rings (SSSR count). The molecule has 0 radical (unpaired) electrons. The van der Waals surface area contributed by atoms with Gasteiger partial charge in [-0.15, -0.1) is 12.4 Å². The highest BCUT2D eigenvalue weighted by Crippen LogP contribution is 2.24. The molecule has 0 bridgehead atoms. The SMILES string of the molecule is Cl.c1cncc(C2CNCCN2Cc2cnc3ccccc3c2)c1. The summed E-state index contributed by atoms with van der Waals surface area (Å²) < 4.78 is 0. The topological polar surface area (TPSA) is 41.1 Å². The molecule has 5 heteroatoms. The van der Waals surface area contributed by atoms with Crippen LogP contribution in [0.5, 0.6) is 0 Å². The minimum Gasteiger partial charge on any atom is -0.314 e. The third-order valence-corrected chi connectivity index (χ3v) is 4.46. The van der Waals surface area contributed by atoms with Crippen LogP contribution in [0.2, 0.25) is 0 Å². The zero-order valence-electron chi connectivity index (χ0n) is 13.4. The van der Waals surface area contributed by atoms with E-state index < -0.39 is 0 Å². The first kappa shape index (κ1) is 16.8. The molecule has 0 saturated carbocycles. The van der Waals surface area contributed by atoms with E-state index in [-0.39, 0.29) is 12.4 Å². The molecule has 1 aliphatic rings. The molecule has 0 aliphatic carbocycles. The van der Waals surface area contributed by atoms with E-state index in [1.807, 2.05) is 30.7 Å². The van der Waals surface area contributed by atoms with E-state index in [1.165, 1.54) is 16.5 Å². The van der Waals surface area contributed by atoms with Gasteiger partial charge in [0, 0.05) is 56.2 Å². The zero-order chi connectivity index (χ0) is 15.5. The standard InChI is InChI=1S/C19H20N4.ClH/c1-2-6-18-16(4-1)10-15(11-22-18)14-23-9-8-21-13-19(23)17-5-3-7-20-12-17;/h1-7,10-12,19,21H,8-9,13-14H2;1H. The van der Waals surface area contributed by atoms with Gasteiger partial charge in [-0.25, -0.2) is 0 Å². The summed E-state index contributed by atoms with van der Waals surface area (Å²) in [6.07, 6.45) is 5.81. The maximum absolute atomic E-state index is 4.59. The Morgan fingerprint density at radius 2 is 2.04 bits per heavy atom. The maximum Gasteiger partial charge on any atom is 0.0702 e. The smallest absolute Gasteiger partial charge is 0.0702 e. The van der Waals surface area contributed by atoms with Gasteiger partial charge in [-0.2, -0.15) is 0 Å². The van der Waals surface area contributed by atoms with Gasteiger partial charge in [-0.3, -0.25) is 14.9 Å². The Morgan fingerprint density at radius 1 is 1.12 bits per heavy atom. The van der Waals surface area contributed by atoms with Gasteiger partial charge in [0.1, 0.15) is 0 Å². The molecular weight excluding hydrogens is 320 g/mol. The Balaban J connectivity index is 0.00000169. The number of halogens is 1. The zero-order valence-corrected chi connectivity index (χ0v) is 14.2. The first-order valence-electron chi connectivity index (χ1n) is 8.08. The van der Waals surface area contributed by atoms with Crippen LogP contribution in [0, 0.1) is 0 Å². The summed E-state index contributed by atoms with van der Waals surface area (Å²) in [5.41, 5.74) is 3.59.